The summed E-state index contributed by atoms with van der Waals surface area (Å²) in [5, 5.41) is 8.92. The number of fused-ring (bicyclic) bond motifs is 1. The quantitative estimate of drug-likeness (QED) is 0.903. The van der Waals surface area contributed by atoms with Crippen LogP contribution < -0.4 is 0 Å². The fraction of sp³-hybridized carbons (Fsp3) is 0.385. The molecule has 1 saturated heterocycles. The first-order valence-electron chi connectivity index (χ1n) is 5.97. The molecule has 2 fully saturated rings. The predicted molar refractivity (Wildman–Crippen MR) is 68.1 cm³/mol. The van der Waals surface area contributed by atoms with Gasteiger partial charge in [-0.3, -0.25) is 9.59 Å². The molecule has 4 nitrogen and oxygen atoms in total. The highest BCUT2D eigenvalue weighted by Crippen LogP contribution is 2.52. The zero-order valence-corrected chi connectivity index (χ0v) is 11.4. The number of rotatable bonds is 2. The Kier molecular flexibility index (Phi) is 2.85. The van der Waals surface area contributed by atoms with Crippen LogP contribution in [0.2, 0.25) is 0 Å². The number of aliphatic carboxylic acids is 1. The minimum Gasteiger partial charge on any atom is -0.481 e. The third-order valence-electron chi connectivity index (χ3n) is 3.94. The number of hydrogen-bond donors (Lipinski definition) is 1. The lowest BCUT2D eigenvalue weighted by atomic mass is 10.1. The Labute approximate surface area is 117 Å². The molecule has 1 amide bonds. The molecule has 1 aliphatic heterocycles. The van der Waals surface area contributed by atoms with Crippen molar-refractivity contribution >= 4 is 27.8 Å². The Morgan fingerprint density at radius 1 is 1.32 bits per heavy atom. The molecule has 1 saturated carbocycles. The van der Waals surface area contributed by atoms with Crippen LogP contribution in [-0.2, 0) is 4.79 Å². The van der Waals surface area contributed by atoms with E-state index in [1.165, 1.54) is 17.0 Å². The van der Waals surface area contributed by atoms with Gasteiger partial charge in [0.15, 0.2) is 0 Å². The van der Waals surface area contributed by atoms with Crippen molar-refractivity contribution in [3.05, 3.63) is 34.1 Å². The van der Waals surface area contributed by atoms with Crippen molar-refractivity contribution in [3.8, 4) is 0 Å². The Hall–Kier alpha value is -1.43. The molecular formula is C13H11BrFNO3. The number of hydrogen-bond acceptors (Lipinski definition) is 2. The average Bonchev–Trinajstić information content (AvgIpc) is 2.85. The van der Waals surface area contributed by atoms with Crippen molar-refractivity contribution in [3.63, 3.8) is 0 Å². The van der Waals surface area contributed by atoms with E-state index < -0.39 is 11.8 Å². The summed E-state index contributed by atoms with van der Waals surface area (Å²) in [6, 6.07) is 4.39. The fourth-order valence-corrected chi connectivity index (χ4v) is 3.43. The summed E-state index contributed by atoms with van der Waals surface area (Å²) in [5.41, 5.74) is 0.0238. The van der Waals surface area contributed by atoms with Gasteiger partial charge in [0.05, 0.1) is 11.5 Å². The summed E-state index contributed by atoms with van der Waals surface area (Å²) in [4.78, 5) is 24.6. The molecule has 1 aromatic rings. The number of nitrogens with zero attached hydrogens (tertiary/aromatic N) is 1. The van der Waals surface area contributed by atoms with Gasteiger partial charge in [0.25, 0.3) is 5.91 Å². The van der Waals surface area contributed by atoms with E-state index in [-0.39, 0.29) is 29.2 Å². The van der Waals surface area contributed by atoms with E-state index in [0.29, 0.717) is 17.6 Å². The second kappa shape index (κ2) is 4.30. The van der Waals surface area contributed by atoms with Gasteiger partial charge in [0.2, 0.25) is 0 Å². The molecule has 1 unspecified atom stereocenters. The lowest BCUT2D eigenvalue weighted by Crippen LogP contribution is -2.33. The van der Waals surface area contributed by atoms with Crippen LogP contribution in [0.5, 0.6) is 0 Å². The Morgan fingerprint density at radius 2 is 1.95 bits per heavy atom. The van der Waals surface area contributed by atoms with Crippen LogP contribution in [0.25, 0.3) is 0 Å². The number of carbonyl (C=O) groups excluding carboxylic acids is 1. The van der Waals surface area contributed by atoms with E-state index in [1.54, 1.807) is 6.07 Å². The molecule has 1 N–H and O–H groups in total. The molecule has 6 heteroatoms. The van der Waals surface area contributed by atoms with Gasteiger partial charge in [-0.1, -0.05) is 6.07 Å². The molecule has 3 rings (SSSR count). The highest BCUT2D eigenvalue weighted by Gasteiger charge is 2.60. The summed E-state index contributed by atoms with van der Waals surface area (Å²) in [6.45, 7) is 0.808. The first-order chi connectivity index (χ1) is 9.00. The Bertz CT molecular complexity index is 545. The highest BCUT2D eigenvalue weighted by molar-refractivity contribution is 9.10. The van der Waals surface area contributed by atoms with Gasteiger partial charge in [-0.25, -0.2) is 4.39 Å². The lowest BCUT2D eigenvalue weighted by molar-refractivity contribution is -0.139. The first-order valence-corrected chi connectivity index (χ1v) is 6.76. The predicted octanol–water partition coefficient (Wildman–Crippen LogP) is 1.99. The van der Waals surface area contributed by atoms with Crippen LogP contribution >= 0.6 is 15.9 Å². The summed E-state index contributed by atoms with van der Waals surface area (Å²) in [5.74, 6) is -1.99. The summed E-state index contributed by atoms with van der Waals surface area (Å²) < 4.78 is 14.1. The summed E-state index contributed by atoms with van der Waals surface area (Å²) in [7, 11) is 0. The second-order valence-electron chi connectivity index (χ2n) is 5.00. The SMILES string of the molecule is O=C(O)C1[C@H]2CN(C(=O)c3c(F)cccc3Br)C[C@@H]12. The molecule has 0 radical (unpaired) electrons. The average molecular weight is 328 g/mol. The molecule has 0 aromatic heterocycles. The third kappa shape index (κ3) is 1.94. The maximum absolute atomic E-state index is 13.7. The van der Waals surface area contributed by atoms with Crippen LogP contribution in [0, 0.1) is 23.6 Å². The minimum atomic E-state index is -0.797. The third-order valence-corrected chi connectivity index (χ3v) is 4.60. The van der Waals surface area contributed by atoms with Crippen molar-refractivity contribution in [1.29, 1.82) is 0 Å². The number of benzene rings is 1. The zero-order chi connectivity index (χ0) is 13.7. The van der Waals surface area contributed by atoms with Crippen molar-refractivity contribution < 1.29 is 19.1 Å². The van der Waals surface area contributed by atoms with Crippen LogP contribution in [0.3, 0.4) is 0 Å². The van der Waals surface area contributed by atoms with E-state index in [9.17, 15) is 14.0 Å². The molecule has 0 bridgehead atoms. The van der Waals surface area contributed by atoms with E-state index >= 15 is 0 Å². The van der Waals surface area contributed by atoms with Gasteiger partial charge in [-0.05, 0) is 39.9 Å². The molecule has 100 valence electrons. The maximum Gasteiger partial charge on any atom is 0.307 e. The molecular weight excluding hydrogens is 317 g/mol. The van der Waals surface area contributed by atoms with Crippen LogP contribution in [0.4, 0.5) is 4.39 Å². The maximum atomic E-state index is 13.7. The van der Waals surface area contributed by atoms with Crippen molar-refractivity contribution in [1.82, 2.24) is 4.90 Å². The highest BCUT2D eigenvalue weighted by atomic mass is 79.9. The van der Waals surface area contributed by atoms with Crippen LogP contribution in [-0.4, -0.2) is 35.0 Å². The van der Waals surface area contributed by atoms with Gasteiger partial charge in [-0.2, -0.15) is 0 Å². The summed E-state index contributed by atoms with van der Waals surface area (Å²) >= 11 is 3.17. The number of piperidine rings is 1. The van der Waals surface area contributed by atoms with Crippen molar-refractivity contribution in [2.75, 3.05) is 13.1 Å². The van der Waals surface area contributed by atoms with Crippen molar-refractivity contribution in [2.24, 2.45) is 17.8 Å². The van der Waals surface area contributed by atoms with E-state index in [4.69, 9.17) is 5.11 Å². The van der Waals surface area contributed by atoms with E-state index in [0.717, 1.165) is 0 Å². The first kappa shape index (κ1) is 12.6. The fourth-order valence-electron chi connectivity index (χ4n) is 2.92. The number of amides is 1. The number of carboxylic acids is 1. The second-order valence-corrected chi connectivity index (χ2v) is 5.85. The Balaban J connectivity index is 1.76. The van der Waals surface area contributed by atoms with Gasteiger partial charge in [-0.15, -0.1) is 0 Å². The molecule has 1 aliphatic carbocycles. The molecule has 19 heavy (non-hydrogen) atoms. The molecule has 2 aliphatic rings. The van der Waals surface area contributed by atoms with Crippen LogP contribution in [0.15, 0.2) is 22.7 Å². The summed E-state index contributed by atoms with van der Waals surface area (Å²) in [6.07, 6.45) is 0. The molecule has 1 heterocycles. The van der Waals surface area contributed by atoms with E-state index in [1.807, 2.05) is 0 Å². The standard InChI is InChI=1S/C13H11BrFNO3/c14-8-2-1-3-9(15)11(8)12(17)16-4-6-7(5-16)10(6)13(18)19/h1-3,6-7,10H,4-5H2,(H,18,19)/t6-,7+,10?. The van der Waals surface area contributed by atoms with Crippen LogP contribution in [0.1, 0.15) is 10.4 Å². The van der Waals surface area contributed by atoms with Gasteiger partial charge < -0.3 is 10.0 Å². The molecule has 1 aromatic carbocycles. The van der Waals surface area contributed by atoms with Gasteiger partial charge >= 0.3 is 5.97 Å². The number of likely N-dealkylation sites (tertiary alicyclic amines) is 1. The number of halogens is 2. The number of carboxylic acid groups (broad SMARTS) is 1. The van der Waals surface area contributed by atoms with Crippen molar-refractivity contribution in [2.45, 2.75) is 0 Å². The normalized spacial score (nSPS) is 28.1. The largest absolute Gasteiger partial charge is 0.481 e. The van der Waals surface area contributed by atoms with Gasteiger partial charge in [0, 0.05) is 17.6 Å². The van der Waals surface area contributed by atoms with Gasteiger partial charge in [0.1, 0.15) is 5.82 Å². The Morgan fingerprint density at radius 3 is 2.47 bits per heavy atom. The smallest absolute Gasteiger partial charge is 0.307 e. The van der Waals surface area contributed by atoms with E-state index in [2.05, 4.69) is 15.9 Å². The number of carbonyl (C=O) groups is 2. The minimum absolute atomic E-state index is 0.0238. The topological polar surface area (TPSA) is 57.6 Å². The monoisotopic (exact) mass is 327 g/mol. The molecule has 0 spiro atoms. The zero-order valence-electron chi connectivity index (χ0n) is 9.85. The molecule has 3 atom stereocenters. The lowest BCUT2D eigenvalue weighted by Gasteiger charge is -2.20.